The maximum atomic E-state index is 12.8. The molecule has 35 heavy (non-hydrogen) atoms. The van der Waals surface area contributed by atoms with E-state index in [1.54, 1.807) is 32.0 Å². The van der Waals surface area contributed by atoms with Crippen molar-refractivity contribution in [1.29, 1.82) is 0 Å². The summed E-state index contributed by atoms with van der Waals surface area (Å²) in [6, 6.07) is 14.4. The predicted molar refractivity (Wildman–Crippen MR) is 134 cm³/mol. The van der Waals surface area contributed by atoms with Gasteiger partial charge in [0.1, 0.15) is 5.75 Å². The summed E-state index contributed by atoms with van der Waals surface area (Å²) in [4.78, 5) is 30.3. The number of nitrogens with one attached hydrogen (secondary N) is 2. The number of hydrogen-bond acceptors (Lipinski definition) is 9. The van der Waals surface area contributed by atoms with Gasteiger partial charge in [0.2, 0.25) is 0 Å². The fourth-order valence-corrected chi connectivity index (χ4v) is 4.91. The molecule has 0 amide bonds. The summed E-state index contributed by atoms with van der Waals surface area (Å²) < 4.78 is 10.1. The fourth-order valence-electron chi connectivity index (χ4n) is 4.19. The molecule has 0 unspecified atom stereocenters. The highest BCUT2D eigenvalue weighted by molar-refractivity contribution is 7.14. The molecule has 0 bridgehead atoms. The highest BCUT2D eigenvalue weighted by Crippen LogP contribution is 2.43. The maximum Gasteiger partial charge on any atom is 0.336 e. The van der Waals surface area contributed by atoms with E-state index in [0.29, 0.717) is 50.2 Å². The van der Waals surface area contributed by atoms with Crippen molar-refractivity contribution in [2.45, 2.75) is 19.8 Å². The van der Waals surface area contributed by atoms with E-state index in [9.17, 15) is 14.7 Å². The summed E-state index contributed by atoms with van der Waals surface area (Å²) in [6.07, 6.45) is 0. The van der Waals surface area contributed by atoms with Gasteiger partial charge in [0, 0.05) is 28.0 Å². The van der Waals surface area contributed by atoms with E-state index in [-0.39, 0.29) is 5.75 Å². The molecule has 1 aliphatic heterocycles. The van der Waals surface area contributed by atoms with Crippen molar-refractivity contribution in [1.82, 2.24) is 10.3 Å². The Bertz CT molecular complexity index is 1320. The molecule has 3 N–H and O–H groups in total. The second-order valence-electron chi connectivity index (χ2n) is 7.89. The zero-order chi connectivity index (χ0) is 25.1. The molecule has 1 aliphatic rings. The van der Waals surface area contributed by atoms with Crippen LogP contribution in [0.5, 0.6) is 5.75 Å². The van der Waals surface area contributed by atoms with Crippen LogP contribution in [0.1, 0.15) is 25.3 Å². The van der Waals surface area contributed by atoms with E-state index >= 15 is 0 Å². The van der Waals surface area contributed by atoms with Crippen molar-refractivity contribution in [2.75, 3.05) is 19.5 Å². The number of rotatable bonds is 6. The highest BCUT2D eigenvalue weighted by atomic mass is 32.1. The molecule has 8 nitrogen and oxygen atoms in total. The Hall–Kier alpha value is -4.11. The van der Waals surface area contributed by atoms with E-state index in [1.807, 2.05) is 35.7 Å². The number of nitrogens with zero attached hydrogens (tertiary/aromatic N) is 1. The number of anilines is 2. The maximum absolute atomic E-state index is 12.8. The van der Waals surface area contributed by atoms with Crippen LogP contribution in [0.3, 0.4) is 0 Å². The van der Waals surface area contributed by atoms with Gasteiger partial charge >= 0.3 is 11.9 Å². The van der Waals surface area contributed by atoms with Gasteiger partial charge in [-0.3, -0.25) is 0 Å². The second kappa shape index (κ2) is 10.0. The van der Waals surface area contributed by atoms with Gasteiger partial charge in [0.15, 0.2) is 5.13 Å². The molecule has 9 heteroatoms. The van der Waals surface area contributed by atoms with Gasteiger partial charge in [0.05, 0.1) is 37.0 Å². The van der Waals surface area contributed by atoms with Crippen LogP contribution >= 0.6 is 11.3 Å². The molecule has 0 atom stereocenters. The van der Waals surface area contributed by atoms with Crippen molar-refractivity contribution >= 4 is 34.1 Å². The number of methoxy groups -OCH3 is 2. The number of dihydropyridines is 1. The Morgan fingerprint density at radius 3 is 2.20 bits per heavy atom. The molecule has 180 valence electrons. The molecule has 2 heterocycles. The zero-order valence-electron chi connectivity index (χ0n) is 19.7. The quantitative estimate of drug-likeness (QED) is 0.420. The largest absolute Gasteiger partial charge is 0.507 e. The number of benzene rings is 2. The Morgan fingerprint density at radius 2 is 1.57 bits per heavy atom. The topological polar surface area (TPSA) is 110 Å². The molecule has 0 saturated carbocycles. The van der Waals surface area contributed by atoms with Crippen LogP contribution in [0.15, 0.2) is 76.5 Å². The van der Waals surface area contributed by atoms with Gasteiger partial charge in [0.25, 0.3) is 0 Å². The number of ether oxygens (including phenoxy) is 2. The molecule has 4 rings (SSSR count). The number of esters is 2. The van der Waals surface area contributed by atoms with E-state index in [0.717, 1.165) is 0 Å². The van der Waals surface area contributed by atoms with Crippen molar-refractivity contribution in [3.63, 3.8) is 0 Å². The number of aromatic hydroxyl groups is 1. The molecule has 0 spiro atoms. The molecule has 1 aromatic heterocycles. The monoisotopic (exact) mass is 491 g/mol. The first-order valence-corrected chi connectivity index (χ1v) is 11.7. The fraction of sp³-hybridized carbons (Fsp3) is 0.192. The van der Waals surface area contributed by atoms with Crippen LogP contribution in [0, 0.1) is 0 Å². The summed E-state index contributed by atoms with van der Waals surface area (Å²) >= 11 is 1.37. The van der Waals surface area contributed by atoms with Gasteiger partial charge in [-0.1, -0.05) is 30.3 Å². The Labute approximate surface area is 206 Å². The first-order valence-electron chi connectivity index (χ1n) is 10.8. The van der Waals surface area contributed by atoms with Gasteiger partial charge < -0.3 is 25.2 Å². The number of thiazole rings is 1. The number of carbonyl (C=O) groups excluding carboxylic acids is 2. The molecule has 2 aromatic carbocycles. The lowest BCUT2D eigenvalue weighted by Crippen LogP contribution is -2.32. The normalized spacial score (nSPS) is 13.9. The number of aromatic nitrogens is 1. The van der Waals surface area contributed by atoms with Crippen LogP contribution in [0.4, 0.5) is 10.8 Å². The summed E-state index contributed by atoms with van der Waals surface area (Å²) in [5.74, 6) is -1.66. The second-order valence-corrected chi connectivity index (χ2v) is 8.74. The van der Waals surface area contributed by atoms with Gasteiger partial charge in [-0.2, -0.15) is 0 Å². The summed E-state index contributed by atoms with van der Waals surface area (Å²) in [6.45, 7) is 3.54. The van der Waals surface area contributed by atoms with Crippen molar-refractivity contribution in [3.05, 3.63) is 82.0 Å². The highest BCUT2D eigenvalue weighted by Gasteiger charge is 2.38. The Balaban J connectivity index is 1.79. The minimum absolute atomic E-state index is 0.145. The van der Waals surface area contributed by atoms with Crippen LogP contribution in [0.25, 0.3) is 11.3 Å². The van der Waals surface area contributed by atoms with Gasteiger partial charge in [-0.15, -0.1) is 11.3 Å². The third-order valence-electron chi connectivity index (χ3n) is 5.77. The smallest absolute Gasteiger partial charge is 0.336 e. The lowest BCUT2D eigenvalue weighted by Gasteiger charge is -2.31. The van der Waals surface area contributed by atoms with Crippen molar-refractivity contribution < 1.29 is 24.2 Å². The average Bonchev–Trinajstić information content (AvgIpc) is 3.31. The standard InChI is InChI=1S/C26H25N3O5S/c1-14-21(24(31)33-3)23(22(15(2)27-14)25(32)34-4)17-10-5-7-11-18(17)28-26-29-19(13-35-26)16-9-6-8-12-20(16)30/h5-13,23,27,30H,1-4H3,(H,28,29). The molecule has 0 aliphatic carbocycles. The predicted octanol–water partition coefficient (Wildman–Crippen LogP) is 4.84. The number of carbonyl (C=O) groups is 2. The van der Waals surface area contributed by atoms with Crippen molar-refractivity contribution in [2.24, 2.45) is 0 Å². The van der Waals surface area contributed by atoms with E-state index < -0.39 is 17.9 Å². The molecular formula is C26H25N3O5S. The SMILES string of the molecule is COC(=O)C1=C(C)NC(C)=C(C(=O)OC)C1c1ccccc1Nc1nc(-c2ccccc2O)cs1. The zero-order valence-corrected chi connectivity index (χ0v) is 20.5. The number of para-hydroxylation sites is 2. The molecule has 0 radical (unpaired) electrons. The summed E-state index contributed by atoms with van der Waals surface area (Å²) in [5, 5.41) is 19.0. The number of phenols is 1. The average molecular weight is 492 g/mol. The lowest BCUT2D eigenvalue weighted by molar-refractivity contribution is -0.137. The molecular weight excluding hydrogens is 466 g/mol. The van der Waals surface area contributed by atoms with E-state index in [1.165, 1.54) is 25.6 Å². The first-order chi connectivity index (χ1) is 16.8. The minimum Gasteiger partial charge on any atom is -0.507 e. The van der Waals surface area contributed by atoms with E-state index in [4.69, 9.17) is 9.47 Å². The number of hydrogen-bond donors (Lipinski definition) is 3. The summed E-state index contributed by atoms with van der Waals surface area (Å²) in [5.41, 5.74) is 4.45. The summed E-state index contributed by atoms with van der Waals surface area (Å²) in [7, 11) is 2.62. The third-order valence-corrected chi connectivity index (χ3v) is 6.53. The Kier molecular flexibility index (Phi) is 6.88. The number of phenolic OH excluding ortho intramolecular Hbond substituents is 1. The molecule has 0 saturated heterocycles. The van der Waals surface area contributed by atoms with Crippen LogP contribution in [0.2, 0.25) is 0 Å². The first kappa shape index (κ1) is 24.0. The number of allylic oxidation sites excluding steroid dienone is 2. The molecule has 0 fully saturated rings. The van der Waals surface area contributed by atoms with Crippen molar-refractivity contribution in [3.8, 4) is 17.0 Å². The minimum atomic E-state index is -0.725. The van der Waals surface area contributed by atoms with Gasteiger partial charge in [-0.05, 0) is 37.6 Å². The van der Waals surface area contributed by atoms with E-state index in [2.05, 4.69) is 15.6 Å². The molecule has 3 aromatic rings. The van der Waals surface area contributed by atoms with Crippen LogP contribution < -0.4 is 10.6 Å². The Morgan fingerprint density at radius 1 is 0.971 bits per heavy atom. The van der Waals surface area contributed by atoms with Gasteiger partial charge in [-0.25, -0.2) is 14.6 Å². The van der Waals surface area contributed by atoms with Crippen LogP contribution in [-0.2, 0) is 19.1 Å². The third kappa shape index (κ3) is 4.63. The lowest BCUT2D eigenvalue weighted by atomic mass is 9.79. The van der Waals surface area contributed by atoms with Crippen LogP contribution in [-0.4, -0.2) is 36.2 Å².